The molecule has 1 aliphatic heterocycles. The highest BCUT2D eigenvalue weighted by Gasteiger charge is 2.29. The van der Waals surface area contributed by atoms with Crippen LogP contribution in [0.25, 0.3) is 0 Å². The molecule has 140 valence electrons. The van der Waals surface area contributed by atoms with Crippen molar-refractivity contribution in [3.63, 3.8) is 0 Å². The van der Waals surface area contributed by atoms with Gasteiger partial charge in [0.05, 0.1) is 16.3 Å². The lowest BCUT2D eigenvalue weighted by Gasteiger charge is -2.31. The van der Waals surface area contributed by atoms with Crippen molar-refractivity contribution in [1.82, 2.24) is 0 Å². The molecule has 0 saturated heterocycles. The average molecular weight is 463 g/mol. The van der Waals surface area contributed by atoms with Crippen LogP contribution >= 0.6 is 15.9 Å². The van der Waals surface area contributed by atoms with E-state index < -0.39 is 25.9 Å². The van der Waals surface area contributed by atoms with Gasteiger partial charge in [-0.3, -0.25) is 9.03 Å². The number of fused-ring (bicyclic) bond motifs is 1. The van der Waals surface area contributed by atoms with Gasteiger partial charge in [0, 0.05) is 6.54 Å². The van der Waals surface area contributed by atoms with E-state index in [1.807, 2.05) is 0 Å². The van der Waals surface area contributed by atoms with E-state index in [-0.39, 0.29) is 21.8 Å². The summed E-state index contributed by atoms with van der Waals surface area (Å²) < 4.78 is 65.9. The quantitative estimate of drug-likeness (QED) is 0.691. The normalized spacial score (nSPS) is 14.8. The van der Waals surface area contributed by atoms with E-state index in [9.17, 15) is 21.2 Å². The maximum absolute atomic E-state index is 13.1. The molecule has 3 rings (SSSR count). The van der Waals surface area contributed by atoms with Gasteiger partial charge in [0.2, 0.25) is 10.0 Å². The molecule has 0 unspecified atom stereocenters. The van der Waals surface area contributed by atoms with E-state index in [0.717, 1.165) is 17.7 Å². The fourth-order valence-electron chi connectivity index (χ4n) is 2.79. The maximum atomic E-state index is 13.1. The lowest BCUT2D eigenvalue weighted by molar-refractivity contribution is 0.585. The molecule has 0 bridgehead atoms. The van der Waals surface area contributed by atoms with Crippen molar-refractivity contribution in [3.8, 4) is 0 Å². The van der Waals surface area contributed by atoms with Gasteiger partial charge in [-0.2, -0.15) is 0 Å². The topological polar surface area (TPSA) is 83.6 Å². The van der Waals surface area contributed by atoms with Crippen LogP contribution in [-0.4, -0.2) is 28.0 Å². The largest absolute Gasteiger partial charge is 0.283 e. The van der Waals surface area contributed by atoms with Crippen molar-refractivity contribution in [2.75, 3.05) is 20.2 Å². The molecule has 1 heterocycles. The Morgan fingerprint density at radius 2 is 1.77 bits per heavy atom. The van der Waals surface area contributed by atoms with Crippen LogP contribution < -0.4 is 9.03 Å². The van der Waals surface area contributed by atoms with Gasteiger partial charge < -0.3 is 0 Å². The predicted molar refractivity (Wildman–Crippen MR) is 102 cm³/mol. The van der Waals surface area contributed by atoms with Gasteiger partial charge >= 0.3 is 0 Å². The highest BCUT2D eigenvalue weighted by molar-refractivity contribution is 9.10. The molecule has 0 aliphatic carbocycles. The molecule has 0 fully saturated rings. The number of aryl methyl sites for hydroxylation is 1. The van der Waals surface area contributed by atoms with Crippen molar-refractivity contribution in [3.05, 3.63) is 53.8 Å². The standard InChI is InChI=1S/C16H16BrFN2O4S2/c17-11-25(21,22)19-14-6-3-12-2-1-9-20(16(12)10-14)26(23,24)15-7-4-13(18)5-8-15/h3-8,10,19H,1-2,9,11H2. The molecule has 1 aliphatic rings. The number of hydrogen-bond acceptors (Lipinski definition) is 4. The third-order valence-corrected chi connectivity index (χ3v) is 8.45. The summed E-state index contributed by atoms with van der Waals surface area (Å²) in [4.78, 5) is -0.0156. The third kappa shape index (κ3) is 3.86. The Balaban J connectivity index is 2.03. The summed E-state index contributed by atoms with van der Waals surface area (Å²) in [5.74, 6) is -0.519. The molecule has 2 aromatic carbocycles. The highest BCUT2D eigenvalue weighted by atomic mass is 79.9. The van der Waals surface area contributed by atoms with Gasteiger partial charge in [-0.15, -0.1) is 0 Å². The number of halogens is 2. The lowest BCUT2D eigenvalue weighted by Crippen LogP contribution is -2.35. The number of nitrogens with zero attached hydrogens (tertiary/aromatic N) is 1. The Hall–Kier alpha value is -1.65. The van der Waals surface area contributed by atoms with Gasteiger partial charge in [-0.1, -0.05) is 22.0 Å². The predicted octanol–water partition coefficient (Wildman–Crippen LogP) is 3.06. The van der Waals surface area contributed by atoms with E-state index in [0.29, 0.717) is 18.5 Å². The Morgan fingerprint density at radius 1 is 1.08 bits per heavy atom. The first kappa shape index (κ1) is 19.1. The van der Waals surface area contributed by atoms with Crippen molar-refractivity contribution < 1.29 is 21.2 Å². The molecular formula is C16H16BrFN2O4S2. The fourth-order valence-corrected chi connectivity index (χ4v) is 5.21. The van der Waals surface area contributed by atoms with Gasteiger partial charge in [-0.05, 0) is 54.8 Å². The minimum absolute atomic E-state index is 0.0156. The maximum Gasteiger partial charge on any atom is 0.264 e. The zero-order valence-corrected chi connectivity index (χ0v) is 16.7. The summed E-state index contributed by atoms with van der Waals surface area (Å²) in [6.45, 7) is 0.265. The monoisotopic (exact) mass is 462 g/mol. The second-order valence-corrected chi connectivity index (χ2v) is 10.7. The van der Waals surface area contributed by atoms with Crippen LogP contribution in [0, 0.1) is 5.82 Å². The SMILES string of the molecule is O=S(=O)(CBr)Nc1ccc2c(c1)N(S(=O)(=O)c1ccc(F)cc1)CCC2. The van der Waals surface area contributed by atoms with E-state index >= 15 is 0 Å². The Bertz CT molecular complexity index is 1020. The highest BCUT2D eigenvalue weighted by Crippen LogP contribution is 2.34. The van der Waals surface area contributed by atoms with Gasteiger partial charge in [-0.25, -0.2) is 21.2 Å². The van der Waals surface area contributed by atoms with Crippen molar-refractivity contribution in [2.24, 2.45) is 0 Å². The molecule has 0 saturated carbocycles. The first-order chi connectivity index (χ1) is 12.2. The minimum atomic E-state index is -3.88. The second kappa shape index (κ2) is 7.16. The van der Waals surface area contributed by atoms with Crippen LogP contribution in [0.4, 0.5) is 15.8 Å². The van der Waals surface area contributed by atoms with E-state index in [4.69, 9.17) is 0 Å². The number of anilines is 2. The number of nitrogens with one attached hydrogen (secondary N) is 1. The van der Waals surface area contributed by atoms with Gasteiger partial charge in [0.15, 0.2) is 0 Å². The van der Waals surface area contributed by atoms with Crippen LogP contribution in [0.1, 0.15) is 12.0 Å². The van der Waals surface area contributed by atoms with Crippen molar-refractivity contribution >= 4 is 47.4 Å². The smallest absolute Gasteiger partial charge is 0.264 e. The number of alkyl halides is 1. The molecule has 0 atom stereocenters. The molecule has 2 aromatic rings. The Morgan fingerprint density at radius 3 is 2.42 bits per heavy atom. The number of rotatable bonds is 5. The van der Waals surface area contributed by atoms with E-state index in [1.54, 1.807) is 12.1 Å². The molecular weight excluding hydrogens is 447 g/mol. The molecule has 10 heteroatoms. The third-order valence-electron chi connectivity index (χ3n) is 3.98. The fraction of sp³-hybridized carbons (Fsp3) is 0.250. The summed E-state index contributed by atoms with van der Waals surface area (Å²) in [5, 5.41) is 0. The summed E-state index contributed by atoms with van der Waals surface area (Å²) >= 11 is 2.90. The van der Waals surface area contributed by atoms with Crippen LogP contribution in [0.15, 0.2) is 47.4 Å². The molecule has 0 radical (unpaired) electrons. The summed E-state index contributed by atoms with van der Waals surface area (Å²) in [6, 6.07) is 9.46. The number of hydrogen-bond donors (Lipinski definition) is 1. The number of sulfonamides is 2. The first-order valence-corrected chi connectivity index (χ1v) is 11.9. The molecule has 26 heavy (non-hydrogen) atoms. The van der Waals surface area contributed by atoms with Gasteiger partial charge in [0.1, 0.15) is 10.5 Å². The van der Waals surface area contributed by atoms with Crippen LogP contribution in [-0.2, 0) is 26.5 Å². The lowest BCUT2D eigenvalue weighted by atomic mass is 10.0. The Labute approximate surface area is 160 Å². The van der Waals surface area contributed by atoms with Crippen molar-refractivity contribution in [1.29, 1.82) is 0 Å². The van der Waals surface area contributed by atoms with Crippen molar-refractivity contribution in [2.45, 2.75) is 17.7 Å². The van der Waals surface area contributed by atoms with Crippen LogP contribution in [0.2, 0.25) is 0 Å². The minimum Gasteiger partial charge on any atom is -0.283 e. The summed E-state index contributed by atoms with van der Waals surface area (Å²) in [5.41, 5.74) is 1.52. The zero-order valence-electron chi connectivity index (χ0n) is 13.5. The molecule has 0 amide bonds. The average Bonchev–Trinajstić information content (AvgIpc) is 2.61. The van der Waals surface area contributed by atoms with E-state index in [2.05, 4.69) is 20.7 Å². The first-order valence-electron chi connectivity index (χ1n) is 7.71. The summed E-state index contributed by atoms with van der Waals surface area (Å²) in [7, 11) is -7.43. The Kier molecular flexibility index (Phi) is 5.27. The molecule has 1 N–H and O–H groups in total. The van der Waals surface area contributed by atoms with Gasteiger partial charge in [0.25, 0.3) is 10.0 Å². The number of benzene rings is 2. The van der Waals surface area contributed by atoms with E-state index in [1.165, 1.54) is 22.5 Å². The second-order valence-electron chi connectivity index (χ2n) is 5.80. The molecule has 0 aromatic heterocycles. The van der Waals surface area contributed by atoms with Crippen LogP contribution in [0.3, 0.4) is 0 Å². The molecule has 0 spiro atoms. The van der Waals surface area contributed by atoms with Crippen LogP contribution in [0.5, 0.6) is 0 Å². The molecule has 6 nitrogen and oxygen atoms in total. The summed E-state index contributed by atoms with van der Waals surface area (Å²) in [6.07, 6.45) is 1.33. The zero-order chi connectivity index (χ0) is 18.9.